The van der Waals surface area contributed by atoms with Gasteiger partial charge in [0.1, 0.15) is 0 Å². The van der Waals surface area contributed by atoms with Crippen LogP contribution in [0.15, 0.2) is 12.7 Å². The quantitative estimate of drug-likeness (QED) is 0.348. The zero-order valence-corrected chi connectivity index (χ0v) is 7.07. The van der Waals surface area contributed by atoms with Crippen LogP contribution in [0.2, 0.25) is 0 Å². The molecule has 0 aromatic rings. The molecule has 0 saturated heterocycles. The molecule has 0 amide bonds. The van der Waals surface area contributed by atoms with Crippen molar-refractivity contribution < 1.29 is 18.9 Å². The van der Waals surface area contributed by atoms with Crippen LogP contribution in [0.25, 0.3) is 0 Å². The summed E-state index contributed by atoms with van der Waals surface area (Å²) in [5.41, 5.74) is 0.425. The molecule has 1 heteroatoms. The average molecular weight is 118 g/mol. The summed E-state index contributed by atoms with van der Waals surface area (Å²) < 4.78 is 0. The molecule has 0 N–H and O–H groups in total. The van der Waals surface area contributed by atoms with Gasteiger partial charge in [-0.2, -0.15) is 0 Å². The molecule has 0 aliphatic heterocycles. The Bertz CT molecular complexity index is 69.1. The van der Waals surface area contributed by atoms with Gasteiger partial charge < -0.3 is 0 Å². The molecular weight excluding hydrogens is 103 g/mol. The van der Waals surface area contributed by atoms with Gasteiger partial charge in [0.15, 0.2) is 0 Å². The summed E-state index contributed by atoms with van der Waals surface area (Å²) in [6.45, 7) is 10.3. The van der Waals surface area contributed by atoms with Gasteiger partial charge in [-0.3, -0.25) is 0 Å². The molecule has 0 aliphatic rings. The summed E-state index contributed by atoms with van der Waals surface area (Å²) in [5, 5.41) is 0. The average Bonchev–Trinajstić information content (AvgIpc) is 1.59. The van der Waals surface area contributed by atoms with Crippen molar-refractivity contribution in [3.63, 3.8) is 0 Å². The van der Waals surface area contributed by atoms with E-state index in [1.807, 2.05) is 6.08 Å². The minimum absolute atomic E-state index is 0. The third kappa shape index (κ3) is 11.7. The number of hydrogen-bond donors (Lipinski definition) is 0. The van der Waals surface area contributed by atoms with Crippen molar-refractivity contribution in [2.45, 2.75) is 27.2 Å². The molecule has 0 nitrogen and oxygen atoms in total. The first-order valence-corrected chi connectivity index (χ1v) is 3.00. The van der Waals surface area contributed by atoms with Crippen molar-refractivity contribution in [3.05, 3.63) is 19.1 Å². The van der Waals surface area contributed by atoms with Gasteiger partial charge in [-0.05, 0) is 0 Å². The molecule has 0 spiro atoms. The first-order valence-electron chi connectivity index (χ1n) is 3.00. The van der Waals surface area contributed by atoms with Gasteiger partial charge in [0.05, 0.1) is 0 Å². The van der Waals surface area contributed by atoms with E-state index >= 15 is 0 Å². The standard InChI is InChI=1S/C8H15.Li/c1-5-6-7-8(2,3)4;/h5-6H,1,7H2,2-4H3;/q-1;+1. The van der Waals surface area contributed by atoms with Gasteiger partial charge in [-0.1, -0.05) is 32.6 Å². The van der Waals surface area contributed by atoms with E-state index in [2.05, 4.69) is 33.8 Å². The summed E-state index contributed by atoms with van der Waals surface area (Å²) in [6.07, 6.45) is 5.07. The Labute approximate surface area is 70.9 Å². The molecule has 0 aliphatic carbocycles. The molecular formula is C8H15Li. The number of hydrogen-bond acceptors (Lipinski definition) is 0. The van der Waals surface area contributed by atoms with Crippen molar-refractivity contribution in [3.8, 4) is 0 Å². The van der Waals surface area contributed by atoms with E-state index in [0.717, 1.165) is 6.42 Å². The Morgan fingerprint density at radius 3 is 2.00 bits per heavy atom. The van der Waals surface area contributed by atoms with Crippen molar-refractivity contribution in [1.82, 2.24) is 0 Å². The van der Waals surface area contributed by atoms with E-state index in [1.165, 1.54) is 0 Å². The van der Waals surface area contributed by atoms with E-state index in [-0.39, 0.29) is 18.9 Å². The number of allylic oxidation sites excluding steroid dienone is 1. The van der Waals surface area contributed by atoms with Crippen molar-refractivity contribution >= 4 is 0 Å². The van der Waals surface area contributed by atoms with E-state index < -0.39 is 0 Å². The van der Waals surface area contributed by atoms with Gasteiger partial charge >= 0.3 is 18.9 Å². The maximum Gasteiger partial charge on any atom is 1.00 e. The van der Waals surface area contributed by atoms with Crippen LogP contribution in [-0.2, 0) is 0 Å². The molecule has 0 radical (unpaired) electrons. The van der Waals surface area contributed by atoms with E-state index in [9.17, 15) is 0 Å². The number of rotatable bonds is 2. The molecule has 0 aromatic carbocycles. The zero-order valence-electron chi connectivity index (χ0n) is 7.07. The van der Waals surface area contributed by atoms with Crippen molar-refractivity contribution in [2.75, 3.05) is 0 Å². The van der Waals surface area contributed by atoms with Crippen LogP contribution in [0.1, 0.15) is 27.2 Å². The molecule has 0 bridgehead atoms. The molecule has 0 rings (SSSR count). The monoisotopic (exact) mass is 118 g/mol. The molecule has 0 aromatic heterocycles. The normalized spacial score (nSPS) is 9.67. The van der Waals surface area contributed by atoms with Crippen molar-refractivity contribution in [1.29, 1.82) is 0 Å². The molecule has 0 fully saturated rings. The molecule has 48 valence electrons. The van der Waals surface area contributed by atoms with E-state index in [4.69, 9.17) is 0 Å². The van der Waals surface area contributed by atoms with Crippen LogP contribution in [0.4, 0.5) is 0 Å². The molecule has 0 heterocycles. The predicted octanol–water partition coefficient (Wildman–Crippen LogP) is -0.183. The summed E-state index contributed by atoms with van der Waals surface area (Å²) in [6, 6.07) is 0. The second-order valence-corrected chi connectivity index (χ2v) is 3.24. The fourth-order valence-electron chi connectivity index (χ4n) is 0.437. The second kappa shape index (κ2) is 5.03. The maximum atomic E-state index is 3.61. The summed E-state index contributed by atoms with van der Waals surface area (Å²) in [4.78, 5) is 0. The summed E-state index contributed by atoms with van der Waals surface area (Å²) in [5.74, 6) is 0. The Balaban J connectivity index is 0. The van der Waals surface area contributed by atoms with Gasteiger partial charge in [-0.25, -0.2) is 19.1 Å². The van der Waals surface area contributed by atoms with E-state index in [1.54, 1.807) is 0 Å². The smallest absolute Gasteiger partial charge is 0.245 e. The van der Waals surface area contributed by atoms with Crippen LogP contribution >= 0.6 is 0 Å². The SMILES string of the molecule is C=C[CH-]CC(C)(C)C.[Li+]. The molecule has 0 saturated carbocycles. The van der Waals surface area contributed by atoms with Crippen LogP contribution in [-0.4, -0.2) is 0 Å². The van der Waals surface area contributed by atoms with Crippen LogP contribution < -0.4 is 18.9 Å². The molecule has 0 atom stereocenters. The summed E-state index contributed by atoms with van der Waals surface area (Å²) >= 11 is 0. The minimum atomic E-state index is 0. The molecule has 0 unspecified atom stereocenters. The first kappa shape index (κ1) is 11.9. The maximum absolute atomic E-state index is 3.61. The Hall–Kier alpha value is 0.207. The fourth-order valence-corrected chi connectivity index (χ4v) is 0.437. The topological polar surface area (TPSA) is 0 Å². The molecule has 9 heavy (non-hydrogen) atoms. The largest absolute Gasteiger partial charge is 1.00 e. The van der Waals surface area contributed by atoms with Gasteiger partial charge in [0.2, 0.25) is 0 Å². The second-order valence-electron chi connectivity index (χ2n) is 3.24. The van der Waals surface area contributed by atoms with Gasteiger partial charge in [0.25, 0.3) is 0 Å². The van der Waals surface area contributed by atoms with Crippen LogP contribution in [0.5, 0.6) is 0 Å². The first-order chi connectivity index (χ1) is 3.56. The fraction of sp³-hybridized carbons (Fsp3) is 0.625. The van der Waals surface area contributed by atoms with Crippen LogP contribution in [0.3, 0.4) is 0 Å². The zero-order chi connectivity index (χ0) is 6.62. The Morgan fingerprint density at radius 2 is 1.89 bits per heavy atom. The van der Waals surface area contributed by atoms with Gasteiger partial charge in [0, 0.05) is 0 Å². The van der Waals surface area contributed by atoms with Crippen LogP contribution in [0, 0.1) is 11.8 Å². The third-order valence-electron chi connectivity index (χ3n) is 0.897. The van der Waals surface area contributed by atoms with E-state index in [0.29, 0.717) is 5.41 Å². The van der Waals surface area contributed by atoms with Gasteiger partial charge in [-0.15, -0.1) is 0 Å². The van der Waals surface area contributed by atoms with Crippen molar-refractivity contribution in [2.24, 2.45) is 5.41 Å². The third-order valence-corrected chi connectivity index (χ3v) is 0.897. The Kier molecular flexibility index (Phi) is 6.67. The summed E-state index contributed by atoms with van der Waals surface area (Å²) in [7, 11) is 0. The minimum Gasteiger partial charge on any atom is -0.245 e. The predicted molar refractivity (Wildman–Crippen MR) is 38.6 cm³/mol. The Morgan fingerprint density at radius 1 is 1.44 bits per heavy atom.